The number of nitrogens with one attached hydrogen (secondary N) is 1. The Morgan fingerprint density at radius 3 is 2.57 bits per heavy atom. The molecule has 2 atom stereocenters. The average Bonchev–Trinajstić information content (AvgIpc) is 2.19. The molecule has 2 unspecified atom stereocenters. The Balaban J connectivity index is 3.27. The summed E-state index contributed by atoms with van der Waals surface area (Å²) in [5.41, 5.74) is 0. The quantitative estimate of drug-likeness (QED) is 0.580. The van der Waals surface area contributed by atoms with Crippen molar-refractivity contribution in [2.75, 3.05) is 27.4 Å². The molecule has 0 saturated heterocycles. The molecule has 0 aliphatic heterocycles. The van der Waals surface area contributed by atoms with Crippen LogP contribution in [0.5, 0.6) is 0 Å². The van der Waals surface area contributed by atoms with Crippen molar-refractivity contribution < 1.29 is 9.47 Å². The molecule has 0 aromatic heterocycles. The first-order chi connectivity index (χ1) is 6.74. The van der Waals surface area contributed by atoms with Crippen molar-refractivity contribution in [2.24, 2.45) is 0 Å². The van der Waals surface area contributed by atoms with Crippen LogP contribution in [-0.4, -0.2) is 39.5 Å². The van der Waals surface area contributed by atoms with E-state index in [4.69, 9.17) is 9.47 Å². The molecule has 0 radical (unpaired) electrons. The molecule has 1 N–H and O–H groups in total. The van der Waals surface area contributed by atoms with Crippen LogP contribution in [0.25, 0.3) is 0 Å². The lowest BCUT2D eigenvalue weighted by atomic mass is 10.1. The Morgan fingerprint density at radius 2 is 2.07 bits per heavy atom. The summed E-state index contributed by atoms with van der Waals surface area (Å²) >= 11 is 0. The second-order valence-corrected chi connectivity index (χ2v) is 3.67. The summed E-state index contributed by atoms with van der Waals surface area (Å²) in [6.07, 6.45) is 3.71. The molecular formula is C11H25NO2. The van der Waals surface area contributed by atoms with Gasteiger partial charge in [-0.25, -0.2) is 0 Å². The largest absolute Gasteiger partial charge is 0.382 e. The number of methoxy groups -OCH3 is 1. The molecular weight excluding hydrogens is 178 g/mol. The molecule has 0 rings (SSSR count). The van der Waals surface area contributed by atoms with Gasteiger partial charge in [-0.2, -0.15) is 0 Å². The molecule has 0 aliphatic carbocycles. The van der Waals surface area contributed by atoms with Gasteiger partial charge in [0.05, 0.1) is 12.7 Å². The second kappa shape index (κ2) is 9.44. The highest BCUT2D eigenvalue weighted by molar-refractivity contribution is 4.61. The third-order valence-corrected chi connectivity index (χ3v) is 2.40. The van der Waals surface area contributed by atoms with E-state index in [2.05, 4.69) is 12.2 Å². The summed E-state index contributed by atoms with van der Waals surface area (Å²) in [7, 11) is 3.72. The van der Waals surface area contributed by atoms with Gasteiger partial charge >= 0.3 is 0 Å². The molecule has 0 bridgehead atoms. The molecule has 0 fully saturated rings. The van der Waals surface area contributed by atoms with Crippen LogP contribution in [0.4, 0.5) is 0 Å². The summed E-state index contributed by atoms with van der Waals surface area (Å²) in [5.74, 6) is 0. The van der Waals surface area contributed by atoms with Crippen molar-refractivity contribution >= 4 is 0 Å². The fourth-order valence-electron chi connectivity index (χ4n) is 1.45. The van der Waals surface area contributed by atoms with Crippen molar-refractivity contribution in [1.29, 1.82) is 0 Å². The molecule has 86 valence electrons. The van der Waals surface area contributed by atoms with E-state index in [0.29, 0.717) is 12.6 Å². The number of hydrogen-bond donors (Lipinski definition) is 1. The number of rotatable bonds is 9. The van der Waals surface area contributed by atoms with E-state index in [9.17, 15) is 0 Å². The maximum Gasteiger partial charge on any atom is 0.0780 e. The monoisotopic (exact) mass is 203 g/mol. The Morgan fingerprint density at radius 1 is 1.36 bits per heavy atom. The molecule has 0 aliphatic rings. The molecule has 3 nitrogen and oxygen atoms in total. The van der Waals surface area contributed by atoms with Gasteiger partial charge in [-0.05, 0) is 33.2 Å². The van der Waals surface area contributed by atoms with E-state index in [1.54, 1.807) is 7.11 Å². The van der Waals surface area contributed by atoms with Crippen molar-refractivity contribution in [3.63, 3.8) is 0 Å². The zero-order valence-corrected chi connectivity index (χ0v) is 10.0. The molecule has 3 heteroatoms. The summed E-state index contributed by atoms with van der Waals surface area (Å²) in [6, 6.07) is 0.635. The SMILES string of the molecule is CCC(CCCOC(C)COC)NC. The molecule has 0 saturated carbocycles. The molecule has 0 heterocycles. The molecule has 0 amide bonds. The van der Waals surface area contributed by atoms with Crippen LogP contribution in [0.3, 0.4) is 0 Å². The topological polar surface area (TPSA) is 30.5 Å². The Hall–Kier alpha value is -0.120. The van der Waals surface area contributed by atoms with Crippen LogP contribution in [-0.2, 0) is 9.47 Å². The standard InChI is InChI=1S/C11H25NO2/c1-5-11(12-3)7-6-8-14-10(2)9-13-4/h10-12H,5-9H2,1-4H3. The highest BCUT2D eigenvalue weighted by atomic mass is 16.5. The van der Waals surface area contributed by atoms with Crippen LogP contribution in [0.15, 0.2) is 0 Å². The maximum atomic E-state index is 5.57. The number of hydrogen-bond acceptors (Lipinski definition) is 3. The lowest BCUT2D eigenvalue weighted by molar-refractivity contribution is 0.00714. The summed E-state index contributed by atoms with van der Waals surface area (Å²) in [6.45, 7) is 5.76. The first kappa shape index (κ1) is 13.9. The highest BCUT2D eigenvalue weighted by Gasteiger charge is 2.04. The average molecular weight is 203 g/mol. The van der Waals surface area contributed by atoms with Gasteiger partial charge in [0.1, 0.15) is 0 Å². The van der Waals surface area contributed by atoms with Crippen LogP contribution < -0.4 is 5.32 Å². The zero-order valence-electron chi connectivity index (χ0n) is 10.0. The normalized spacial score (nSPS) is 15.4. The minimum absolute atomic E-state index is 0.217. The van der Waals surface area contributed by atoms with E-state index >= 15 is 0 Å². The lowest BCUT2D eigenvalue weighted by Gasteiger charge is -2.15. The van der Waals surface area contributed by atoms with E-state index in [1.165, 1.54) is 12.8 Å². The lowest BCUT2D eigenvalue weighted by Crippen LogP contribution is -2.25. The number of ether oxygens (including phenoxy) is 2. The van der Waals surface area contributed by atoms with Crippen LogP contribution >= 0.6 is 0 Å². The van der Waals surface area contributed by atoms with E-state index in [-0.39, 0.29) is 6.10 Å². The molecule has 0 aromatic carbocycles. The van der Waals surface area contributed by atoms with Crippen molar-refractivity contribution in [3.05, 3.63) is 0 Å². The molecule has 0 aromatic rings. The predicted octanol–water partition coefficient (Wildman–Crippen LogP) is 1.82. The van der Waals surface area contributed by atoms with E-state index in [0.717, 1.165) is 13.0 Å². The van der Waals surface area contributed by atoms with Gasteiger partial charge in [0.15, 0.2) is 0 Å². The molecule has 14 heavy (non-hydrogen) atoms. The first-order valence-electron chi connectivity index (χ1n) is 5.52. The Labute approximate surface area is 88.2 Å². The fourth-order valence-corrected chi connectivity index (χ4v) is 1.45. The zero-order chi connectivity index (χ0) is 10.8. The Kier molecular flexibility index (Phi) is 9.35. The second-order valence-electron chi connectivity index (χ2n) is 3.67. The van der Waals surface area contributed by atoms with Crippen molar-refractivity contribution in [3.8, 4) is 0 Å². The van der Waals surface area contributed by atoms with Crippen molar-refractivity contribution in [1.82, 2.24) is 5.32 Å². The van der Waals surface area contributed by atoms with Crippen molar-refractivity contribution in [2.45, 2.75) is 45.3 Å². The van der Waals surface area contributed by atoms with Crippen LogP contribution in [0, 0.1) is 0 Å². The van der Waals surface area contributed by atoms with E-state index < -0.39 is 0 Å². The third kappa shape index (κ3) is 7.30. The smallest absolute Gasteiger partial charge is 0.0780 e. The minimum atomic E-state index is 0.217. The fraction of sp³-hybridized carbons (Fsp3) is 1.00. The third-order valence-electron chi connectivity index (χ3n) is 2.40. The Bertz CT molecular complexity index is 116. The summed E-state index contributed by atoms with van der Waals surface area (Å²) in [5, 5.41) is 3.28. The molecule has 0 spiro atoms. The predicted molar refractivity (Wildman–Crippen MR) is 59.7 cm³/mol. The van der Waals surface area contributed by atoms with Gasteiger partial charge in [-0.1, -0.05) is 6.92 Å². The van der Waals surface area contributed by atoms with Gasteiger partial charge in [0.2, 0.25) is 0 Å². The maximum absolute atomic E-state index is 5.57. The summed E-state index contributed by atoms with van der Waals surface area (Å²) in [4.78, 5) is 0. The highest BCUT2D eigenvalue weighted by Crippen LogP contribution is 2.02. The van der Waals surface area contributed by atoms with Crippen LogP contribution in [0.1, 0.15) is 33.1 Å². The van der Waals surface area contributed by atoms with Crippen LogP contribution in [0.2, 0.25) is 0 Å². The van der Waals surface area contributed by atoms with E-state index in [1.807, 2.05) is 14.0 Å². The van der Waals surface area contributed by atoms with Gasteiger partial charge in [-0.3, -0.25) is 0 Å². The summed E-state index contributed by atoms with van der Waals surface area (Å²) < 4.78 is 10.6. The van der Waals surface area contributed by atoms with Gasteiger partial charge in [0, 0.05) is 19.8 Å². The van der Waals surface area contributed by atoms with Gasteiger partial charge in [0.25, 0.3) is 0 Å². The first-order valence-corrected chi connectivity index (χ1v) is 5.52. The van der Waals surface area contributed by atoms with Gasteiger partial charge in [-0.15, -0.1) is 0 Å². The minimum Gasteiger partial charge on any atom is -0.382 e. The van der Waals surface area contributed by atoms with Gasteiger partial charge < -0.3 is 14.8 Å².